The highest BCUT2D eigenvalue weighted by Crippen LogP contribution is 2.35. The molecule has 1 atom stereocenters. The summed E-state index contributed by atoms with van der Waals surface area (Å²) in [6.45, 7) is 2.57. The quantitative estimate of drug-likeness (QED) is 0.927. The molecule has 1 unspecified atom stereocenters. The number of sulfone groups is 1. The van der Waals surface area contributed by atoms with Crippen LogP contribution in [0, 0.1) is 0 Å². The molecule has 126 valence electrons. The number of amides is 2. The highest BCUT2D eigenvalue weighted by Gasteiger charge is 2.32. The van der Waals surface area contributed by atoms with Crippen LogP contribution in [0.1, 0.15) is 30.5 Å². The Hall–Kier alpha value is -2.41. The van der Waals surface area contributed by atoms with Gasteiger partial charge in [0.1, 0.15) is 5.82 Å². The largest absolute Gasteiger partial charge is 0.323 e. The van der Waals surface area contributed by atoms with Crippen molar-refractivity contribution in [2.45, 2.75) is 30.8 Å². The first-order valence-corrected chi connectivity index (χ1v) is 9.61. The first-order chi connectivity index (χ1) is 11.4. The van der Waals surface area contributed by atoms with E-state index in [0.29, 0.717) is 6.54 Å². The van der Waals surface area contributed by atoms with Gasteiger partial charge in [-0.05, 0) is 29.7 Å². The van der Waals surface area contributed by atoms with Crippen molar-refractivity contribution in [2.75, 3.05) is 11.6 Å². The lowest BCUT2D eigenvalue weighted by Crippen LogP contribution is -2.33. The Balaban J connectivity index is 1.81. The summed E-state index contributed by atoms with van der Waals surface area (Å²) < 4.78 is 23.2. The van der Waals surface area contributed by atoms with Gasteiger partial charge in [-0.2, -0.15) is 0 Å². The number of nitrogens with one attached hydrogen (secondary N) is 1. The standard InChI is InChI=1S/C17H19N3O3S/c1-3-15-14-7-5-4-6-12(14)11-20(15)17(21)19-16-10-13(8-9-18-16)24(2,22)23/h4-10,15H,3,11H2,1-2H3,(H,18,19,21). The van der Waals surface area contributed by atoms with E-state index in [1.807, 2.05) is 31.2 Å². The van der Waals surface area contributed by atoms with E-state index in [9.17, 15) is 13.2 Å². The lowest BCUT2D eigenvalue weighted by atomic mass is 10.0. The molecule has 3 rings (SSSR count). The first-order valence-electron chi connectivity index (χ1n) is 7.71. The zero-order chi connectivity index (χ0) is 17.3. The molecular weight excluding hydrogens is 326 g/mol. The third-order valence-corrected chi connectivity index (χ3v) is 5.28. The van der Waals surface area contributed by atoms with Crippen molar-refractivity contribution in [1.29, 1.82) is 0 Å². The third-order valence-electron chi connectivity index (χ3n) is 4.17. The van der Waals surface area contributed by atoms with Crippen LogP contribution in [0.15, 0.2) is 47.5 Å². The summed E-state index contributed by atoms with van der Waals surface area (Å²) in [5, 5.41) is 2.71. The molecule has 0 aliphatic carbocycles. The molecule has 0 saturated carbocycles. The molecule has 1 aliphatic rings. The van der Waals surface area contributed by atoms with Crippen LogP contribution in [-0.2, 0) is 16.4 Å². The molecule has 6 nitrogen and oxygen atoms in total. The Morgan fingerprint density at radius 2 is 2.08 bits per heavy atom. The third kappa shape index (κ3) is 3.12. The highest BCUT2D eigenvalue weighted by molar-refractivity contribution is 7.90. The highest BCUT2D eigenvalue weighted by atomic mass is 32.2. The minimum absolute atomic E-state index is 0.0132. The second-order valence-corrected chi connectivity index (χ2v) is 7.85. The lowest BCUT2D eigenvalue weighted by Gasteiger charge is -2.24. The van der Waals surface area contributed by atoms with Crippen LogP contribution in [0.4, 0.5) is 10.6 Å². The van der Waals surface area contributed by atoms with Crippen LogP contribution in [0.2, 0.25) is 0 Å². The molecule has 0 radical (unpaired) electrons. The zero-order valence-electron chi connectivity index (χ0n) is 13.6. The van der Waals surface area contributed by atoms with E-state index in [1.54, 1.807) is 4.90 Å². The van der Waals surface area contributed by atoms with E-state index in [2.05, 4.69) is 10.3 Å². The fourth-order valence-corrected chi connectivity index (χ4v) is 3.64. The van der Waals surface area contributed by atoms with E-state index < -0.39 is 9.84 Å². The van der Waals surface area contributed by atoms with Crippen LogP contribution >= 0.6 is 0 Å². The molecule has 0 fully saturated rings. The molecule has 1 aromatic heterocycles. The molecule has 0 spiro atoms. The van der Waals surface area contributed by atoms with Gasteiger partial charge in [0.15, 0.2) is 9.84 Å². The second-order valence-electron chi connectivity index (χ2n) is 5.83. The number of urea groups is 1. The van der Waals surface area contributed by atoms with Gasteiger partial charge in [0.2, 0.25) is 0 Å². The summed E-state index contributed by atoms with van der Waals surface area (Å²) in [5.41, 5.74) is 2.30. The Labute approximate surface area is 141 Å². The number of pyridine rings is 1. The molecule has 7 heteroatoms. The Morgan fingerprint density at radius 3 is 2.79 bits per heavy atom. The summed E-state index contributed by atoms with van der Waals surface area (Å²) >= 11 is 0. The number of nitrogens with zero attached hydrogens (tertiary/aromatic N) is 2. The van der Waals surface area contributed by atoms with Crippen LogP contribution < -0.4 is 5.32 Å². The van der Waals surface area contributed by atoms with Gasteiger partial charge in [0, 0.05) is 19.0 Å². The van der Waals surface area contributed by atoms with Crippen LogP contribution in [0.25, 0.3) is 0 Å². The number of aromatic nitrogens is 1. The maximum atomic E-state index is 12.6. The summed E-state index contributed by atoms with van der Waals surface area (Å²) in [4.78, 5) is 18.6. The molecule has 1 aliphatic heterocycles. The van der Waals surface area contributed by atoms with Crippen LogP contribution in [0.5, 0.6) is 0 Å². The normalized spacial score (nSPS) is 16.8. The Kier molecular flexibility index (Phi) is 4.28. The minimum Gasteiger partial charge on any atom is -0.313 e. The smallest absolute Gasteiger partial charge is 0.313 e. The van der Waals surface area contributed by atoms with Gasteiger partial charge in [0.05, 0.1) is 10.9 Å². The van der Waals surface area contributed by atoms with Crippen molar-refractivity contribution in [3.8, 4) is 0 Å². The second kappa shape index (κ2) is 6.24. The number of carbonyl (C=O) groups is 1. The molecule has 0 bridgehead atoms. The molecule has 2 heterocycles. The Morgan fingerprint density at radius 1 is 1.33 bits per heavy atom. The summed E-state index contributed by atoms with van der Waals surface area (Å²) in [7, 11) is -3.34. The minimum atomic E-state index is -3.34. The van der Waals surface area contributed by atoms with E-state index >= 15 is 0 Å². The number of carbonyl (C=O) groups excluding carboxylic acids is 1. The van der Waals surface area contributed by atoms with Gasteiger partial charge >= 0.3 is 6.03 Å². The first kappa shape index (κ1) is 16.4. The van der Waals surface area contributed by atoms with Gasteiger partial charge < -0.3 is 4.90 Å². The summed E-state index contributed by atoms with van der Waals surface area (Å²) in [6.07, 6.45) is 3.31. The van der Waals surface area contributed by atoms with Crippen molar-refractivity contribution in [1.82, 2.24) is 9.88 Å². The Bertz CT molecular complexity index is 880. The number of hydrogen-bond donors (Lipinski definition) is 1. The average Bonchev–Trinajstić information content (AvgIpc) is 2.93. The van der Waals surface area contributed by atoms with E-state index in [-0.39, 0.29) is 22.8 Å². The topological polar surface area (TPSA) is 79.4 Å². The van der Waals surface area contributed by atoms with Crippen LogP contribution in [-0.4, -0.2) is 30.6 Å². The van der Waals surface area contributed by atoms with Gasteiger partial charge in [-0.25, -0.2) is 18.2 Å². The van der Waals surface area contributed by atoms with Crippen molar-refractivity contribution >= 4 is 21.7 Å². The van der Waals surface area contributed by atoms with Gasteiger partial charge in [0.25, 0.3) is 0 Å². The van der Waals surface area contributed by atoms with Crippen molar-refractivity contribution in [3.63, 3.8) is 0 Å². The molecule has 2 amide bonds. The summed E-state index contributed by atoms with van der Waals surface area (Å²) in [6, 6.07) is 10.5. The van der Waals surface area contributed by atoms with Crippen LogP contribution in [0.3, 0.4) is 0 Å². The maximum absolute atomic E-state index is 12.6. The van der Waals surface area contributed by atoms with Gasteiger partial charge in [-0.3, -0.25) is 5.32 Å². The molecule has 1 aromatic carbocycles. The molecule has 1 N–H and O–H groups in total. The van der Waals surface area contributed by atoms with E-state index in [0.717, 1.165) is 23.8 Å². The molecule has 2 aromatic rings. The average molecular weight is 345 g/mol. The van der Waals surface area contributed by atoms with Crippen molar-refractivity contribution in [3.05, 3.63) is 53.7 Å². The predicted molar refractivity (Wildman–Crippen MR) is 91.4 cm³/mol. The monoisotopic (exact) mass is 345 g/mol. The number of hydrogen-bond acceptors (Lipinski definition) is 4. The number of anilines is 1. The SMILES string of the molecule is CCC1c2ccccc2CN1C(=O)Nc1cc(S(C)(=O)=O)ccn1. The van der Waals surface area contributed by atoms with E-state index in [1.165, 1.54) is 18.3 Å². The van der Waals surface area contributed by atoms with Gasteiger partial charge in [-0.1, -0.05) is 31.2 Å². The maximum Gasteiger partial charge on any atom is 0.323 e. The molecule has 0 saturated heterocycles. The summed E-state index contributed by atoms with van der Waals surface area (Å²) in [5.74, 6) is 0.230. The fraction of sp³-hybridized carbons (Fsp3) is 0.294. The number of rotatable bonds is 3. The predicted octanol–water partition coefficient (Wildman–Crippen LogP) is 2.98. The molecular formula is C17H19N3O3S. The zero-order valence-corrected chi connectivity index (χ0v) is 14.4. The lowest BCUT2D eigenvalue weighted by molar-refractivity contribution is 0.192. The fourth-order valence-electron chi connectivity index (χ4n) is 3.01. The van der Waals surface area contributed by atoms with Gasteiger partial charge in [-0.15, -0.1) is 0 Å². The molecule has 24 heavy (non-hydrogen) atoms. The van der Waals surface area contributed by atoms with E-state index in [4.69, 9.17) is 0 Å². The van der Waals surface area contributed by atoms with Crippen molar-refractivity contribution < 1.29 is 13.2 Å². The number of benzene rings is 1. The number of fused-ring (bicyclic) bond motifs is 1. The van der Waals surface area contributed by atoms with Crippen molar-refractivity contribution in [2.24, 2.45) is 0 Å².